The van der Waals surface area contributed by atoms with Crippen LogP contribution < -0.4 is 10.1 Å². The standard InChI is InChI=1S/C21H12ClF6NO3S/c22-15-17(32-12-9-5-2-6-10-12)14(19(31)29-20(23,24)25)16(30)13(11-7-3-1-4-8-11)18(15)33-21(26,27)28/h1-10,30H,(H,29,31). The van der Waals surface area contributed by atoms with Gasteiger partial charge in [0, 0.05) is 5.56 Å². The SMILES string of the molecule is O=C(NC(F)(F)F)c1c(O)c(-c2ccccc2)c(SC(F)(F)F)c(Cl)c1Oc1ccccc1. The number of ether oxygens (including phenoxy) is 1. The van der Waals surface area contributed by atoms with Gasteiger partial charge in [-0.25, -0.2) is 0 Å². The van der Waals surface area contributed by atoms with E-state index in [4.69, 9.17) is 16.3 Å². The molecule has 0 unspecified atom stereocenters. The summed E-state index contributed by atoms with van der Waals surface area (Å²) in [4.78, 5) is 11.7. The Bertz CT molecular complexity index is 1150. The van der Waals surface area contributed by atoms with Crippen LogP contribution in [-0.4, -0.2) is 22.8 Å². The van der Waals surface area contributed by atoms with E-state index < -0.39 is 62.0 Å². The second kappa shape index (κ2) is 9.44. The third kappa shape index (κ3) is 6.05. The Hall–Kier alpha value is -3.05. The Balaban J connectivity index is 2.35. The molecule has 33 heavy (non-hydrogen) atoms. The molecule has 0 heterocycles. The van der Waals surface area contributed by atoms with Crippen LogP contribution in [0.25, 0.3) is 11.1 Å². The number of thioether (sulfide) groups is 1. The smallest absolute Gasteiger partial charge is 0.484 e. The number of hydrogen-bond acceptors (Lipinski definition) is 4. The van der Waals surface area contributed by atoms with Gasteiger partial charge in [-0.2, -0.15) is 26.3 Å². The van der Waals surface area contributed by atoms with Gasteiger partial charge < -0.3 is 9.84 Å². The topological polar surface area (TPSA) is 58.6 Å². The van der Waals surface area contributed by atoms with Crippen LogP contribution in [0.5, 0.6) is 17.2 Å². The molecular weight excluding hydrogens is 496 g/mol. The molecule has 0 aromatic heterocycles. The van der Waals surface area contributed by atoms with Crippen molar-refractivity contribution in [3.8, 4) is 28.4 Å². The largest absolute Gasteiger partial charge is 0.506 e. The Morgan fingerprint density at radius 2 is 1.48 bits per heavy atom. The number of amides is 1. The van der Waals surface area contributed by atoms with Gasteiger partial charge in [0.25, 0.3) is 5.91 Å². The fourth-order valence-electron chi connectivity index (χ4n) is 2.85. The summed E-state index contributed by atoms with van der Waals surface area (Å²) >= 11 is 5.49. The van der Waals surface area contributed by atoms with Crippen LogP contribution in [0, 0.1) is 0 Å². The van der Waals surface area contributed by atoms with Crippen molar-refractivity contribution in [3.05, 3.63) is 71.2 Å². The van der Waals surface area contributed by atoms with Crippen LogP contribution in [0.2, 0.25) is 5.02 Å². The van der Waals surface area contributed by atoms with Crippen molar-refractivity contribution in [3.63, 3.8) is 0 Å². The predicted molar refractivity (Wildman–Crippen MR) is 111 cm³/mol. The first-order valence-electron chi connectivity index (χ1n) is 8.89. The number of benzene rings is 3. The van der Waals surface area contributed by atoms with Crippen LogP contribution in [0.3, 0.4) is 0 Å². The molecule has 3 aromatic rings. The summed E-state index contributed by atoms with van der Waals surface area (Å²) in [6, 6.07) is 14.2. The molecule has 0 atom stereocenters. The van der Waals surface area contributed by atoms with Crippen LogP contribution in [-0.2, 0) is 0 Å². The molecule has 3 aromatic carbocycles. The van der Waals surface area contributed by atoms with Crippen molar-refractivity contribution in [2.24, 2.45) is 0 Å². The van der Waals surface area contributed by atoms with Gasteiger partial charge in [-0.05, 0) is 29.5 Å². The summed E-state index contributed by atoms with van der Waals surface area (Å²) in [5.41, 5.74) is -6.56. The first-order valence-corrected chi connectivity index (χ1v) is 10.1. The molecule has 0 saturated heterocycles. The highest BCUT2D eigenvalue weighted by atomic mass is 35.5. The molecule has 3 rings (SSSR count). The number of rotatable bonds is 5. The molecule has 0 bridgehead atoms. The minimum absolute atomic E-state index is 0.0176. The van der Waals surface area contributed by atoms with Gasteiger partial charge in [-0.1, -0.05) is 60.1 Å². The Morgan fingerprint density at radius 3 is 2.00 bits per heavy atom. The normalized spacial score (nSPS) is 11.8. The second-order valence-electron chi connectivity index (χ2n) is 6.35. The number of carbonyl (C=O) groups excluding carboxylic acids is 1. The van der Waals surface area contributed by atoms with Crippen molar-refractivity contribution < 1.29 is 41.0 Å². The molecule has 0 fully saturated rings. The van der Waals surface area contributed by atoms with Gasteiger partial charge in [-0.3, -0.25) is 10.1 Å². The zero-order valence-corrected chi connectivity index (χ0v) is 17.7. The molecular formula is C21H12ClF6NO3S. The lowest BCUT2D eigenvalue weighted by Crippen LogP contribution is -2.37. The number of para-hydroxylation sites is 1. The van der Waals surface area contributed by atoms with Gasteiger partial charge in [0.2, 0.25) is 0 Å². The summed E-state index contributed by atoms with van der Waals surface area (Å²) in [6.45, 7) is 0. The van der Waals surface area contributed by atoms with Crippen LogP contribution in [0.15, 0.2) is 65.6 Å². The van der Waals surface area contributed by atoms with Gasteiger partial charge in [0.05, 0.1) is 9.92 Å². The summed E-state index contributed by atoms with van der Waals surface area (Å²) in [5, 5.41) is 10.7. The predicted octanol–water partition coefficient (Wildman–Crippen LogP) is 7.37. The van der Waals surface area contributed by atoms with E-state index in [0.29, 0.717) is 5.32 Å². The van der Waals surface area contributed by atoms with Crippen molar-refractivity contribution in [2.45, 2.75) is 16.7 Å². The second-order valence-corrected chi connectivity index (χ2v) is 7.80. The molecule has 0 saturated carbocycles. The Kier molecular flexibility index (Phi) is 7.03. The maximum Gasteiger partial charge on any atom is 0.484 e. The molecule has 174 valence electrons. The first-order chi connectivity index (χ1) is 15.4. The minimum atomic E-state index is -5.20. The van der Waals surface area contributed by atoms with E-state index in [0.717, 1.165) is 0 Å². The summed E-state index contributed by atoms with van der Waals surface area (Å²) in [6.07, 6.45) is -5.20. The van der Waals surface area contributed by atoms with Crippen molar-refractivity contribution in [1.82, 2.24) is 5.32 Å². The van der Waals surface area contributed by atoms with Gasteiger partial charge in [0.15, 0.2) is 5.75 Å². The molecule has 0 aliphatic rings. The number of phenolic OH excluding ortho intramolecular Hbond substituents is 1. The summed E-state index contributed by atoms with van der Waals surface area (Å²) in [5.74, 6) is -3.94. The van der Waals surface area contributed by atoms with E-state index in [2.05, 4.69) is 0 Å². The van der Waals surface area contributed by atoms with E-state index in [9.17, 15) is 36.2 Å². The van der Waals surface area contributed by atoms with Crippen LogP contribution in [0.1, 0.15) is 10.4 Å². The average molecular weight is 508 g/mol. The highest BCUT2D eigenvalue weighted by Crippen LogP contribution is 2.54. The molecule has 2 N–H and O–H groups in total. The van der Waals surface area contributed by atoms with Gasteiger partial charge >= 0.3 is 11.8 Å². The maximum absolute atomic E-state index is 13.3. The van der Waals surface area contributed by atoms with E-state index in [1.54, 1.807) is 6.07 Å². The zero-order valence-electron chi connectivity index (χ0n) is 16.1. The fourth-order valence-corrected chi connectivity index (χ4v) is 3.92. The Morgan fingerprint density at radius 1 is 0.939 bits per heavy atom. The van der Waals surface area contributed by atoms with Gasteiger partial charge in [0.1, 0.15) is 17.1 Å². The lowest BCUT2D eigenvalue weighted by Gasteiger charge is -2.22. The number of phenols is 1. The van der Waals surface area contributed by atoms with Crippen molar-refractivity contribution in [1.29, 1.82) is 0 Å². The highest BCUT2D eigenvalue weighted by Gasteiger charge is 2.39. The molecule has 0 aliphatic carbocycles. The lowest BCUT2D eigenvalue weighted by molar-refractivity contribution is -0.146. The number of nitrogens with one attached hydrogen (secondary N) is 1. The molecule has 0 spiro atoms. The molecule has 0 radical (unpaired) electrons. The molecule has 1 amide bonds. The van der Waals surface area contributed by atoms with Crippen LogP contribution >= 0.6 is 23.4 Å². The van der Waals surface area contributed by atoms with Gasteiger partial charge in [-0.15, -0.1) is 0 Å². The summed E-state index contributed by atoms with van der Waals surface area (Å²) in [7, 11) is 0. The first kappa shape index (κ1) is 24.6. The monoisotopic (exact) mass is 507 g/mol. The van der Waals surface area contributed by atoms with E-state index in [1.807, 2.05) is 0 Å². The maximum atomic E-state index is 13.3. The summed E-state index contributed by atoms with van der Waals surface area (Å²) < 4.78 is 84.0. The number of carbonyl (C=O) groups is 1. The number of aromatic hydroxyl groups is 1. The van der Waals surface area contributed by atoms with E-state index in [1.165, 1.54) is 54.6 Å². The number of hydrogen-bond donors (Lipinski definition) is 2. The van der Waals surface area contributed by atoms with E-state index >= 15 is 0 Å². The third-order valence-electron chi connectivity index (χ3n) is 4.05. The number of halogens is 7. The quantitative estimate of drug-likeness (QED) is 0.215. The van der Waals surface area contributed by atoms with Crippen molar-refractivity contribution >= 4 is 29.3 Å². The average Bonchev–Trinajstić information content (AvgIpc) is 2.71. The molecule has 12 heteroatoms. The Labute approximate surface area is 192 Å². The van der Waals surface area contributed by atoms with Crippen molar-refractivity contribution in [2.75, 3.05) is 0 Å². The fraction of sp³-hybridized carbons (Fsp3) is 0.0952. The minimum Gasteiger partial charge on any atom is -0.506 e. The molecule has 0 aliphatic heterocycles. The molecule has 4 nitrogen and oxygen atoms in total. The zero-order chi connectivity index (χ0) is 24.4. The highest BCUT2D eigenvalue weighted by molar-refractivity contribution is 8.00. The number of alkyl halides is 6. The lowest BCUT2D eigenvalue weighted by atomic mass is 9.99. The van der Waals surface area contributed by atoms with E-state index in [-0.39, 0.29) is 11.3 Å². The van der Waals surface area contributed by atoms with Crippen LogP contribution in [0.4, 0.5) is 26.3 Å². The third-order valence-corrected chi connectivity index (χ3v) is 5.37.